The first kappa shape index (κ1) is 29.9. The first-order chi connectivity index (χ1) is 19.6. The Morgan fingerprint density at radius 3 is 2.46 bits per heavy atom. The maximum Gasteiger partial charge on any atom is 0.416 e. The van der Waals surface area contributed by atoms with E-state index in [2.05, 4.69) is 28.1 Å². The number of ether oxygens (including phenoxy) is 1. The molecule has 3 unspecified atom stereocenters. The molecular formula is C31H33F3N4O3. The molecule has 216 valence electrons. The smallest absolute Gasteiger partial charge is 0.416 e. The molecule has 4 rings (SSSR count). The fourth-order valence-corrected chi connectivity index (χ4v) is 4.99. The molecule has 0 amide bonds. The van der Waals surface area contributed by atoms with Crippen LogP contribution in [0.5, 0.6) is 0 Å². The van der Waals surface area contributed by atoms with E-state index in [9.17, 15) is 18.0 Å². The molecule has 10 heteroatoms. The number of fused-ring (bicyclic) bond motifs is 1. The lowest BCUT2D eigenvalue weighted by atomic mass is 9.92. The number of allylic oxidation sites excluding steroid dienone is 2. The molecular weight excluding hydrogens is 533 g/mol. The predicted molar refractivity (Wildman–Crippen MR) is 148 cm³/mol. The third kappa shape index (κ3) is 7.78. The molecule has 2 aliphatic rings. The van der Waals surface area contributed by atoms with Crippen LogP contribution >= 0.6 is 0 Å². The molecule has 1 heterocycles. The van der Waals surface area contributed by atoms with Crippen molar-refractivity contribution in [1.82, 2.24) is 16.0 Å². The minimum Gasteiger partial charge on any atom is -0.481 e. The van der Waals surface area contributed by atoms with Gasteiger partial charge in [0.15, 0.2) is 0 Å². The Kier molecular flexibility index (Phi) is 9.53. The van der Waals surface area contributed by atoms with Gasteiger partial charge in [0.25, 0.3) is 0 Å². The molecule has 3 atom stereocenters. The molecule has 2 aromatic rings. The number of carboxylic acid groups (broad SMARTS) is 1. The fourth-order valence-electron chi connectivity index (χ4n) is 4.99. The summed E-state index contributed by atoms with van der Waals surface area (Å²) in [5, 5.41) is 28.5. The van der Waals surface area contributed by atoms with Crippen LogP contribution in [-0.2, 0) is 22.3 Å². The molecule has 0 bridgehead atoms. The van der Waals surface area contributed by atoms with Crippen molar-refractivity contribution in [2.24, 2.45) is 11.8 Å². The normalized spacial score (nSPS) is 18.2. The zero-order valence-electron chi connectivity index (χ0n) is 22.9. The highest BCUT2D eigenvalue weighted by Crippen LogP contribution is 2.34. The van der Waals surface area contributed by atoms with Crippen LogP contribution < -0.4 is 16.0 Å². The molecule has 0 aromatic heterocycles. The fraction of sp³-hybridized carbons (Fsp3) is 0.355. The van der Waals surface area contributed by atoms with Crippen molar-refractivity contribution in [3.63, 3.8) is 0 Å². The zero-order valence-corrected chi connectivity index (χ0v) is 22.9. The van der Waals surface area contributed by atoms with Crippen molar-refractivity contribution < 1.29 is 27.8 Å². The summed E-state index contributed by atoms with van der Waals surface area (Å²) in [4.78, 5) is 11.2. The molecule has 0 saturated heterocycles. The summed E-state index contributed by atoms with van der Waals surface area (Å²) in [7, 11) is 1.64. The lowest BCUT2D eigenvalue weighted by molar-refractivity contribution is -0.138. The van der Waals surface area contributed by atoms with Crippen LogP contribution in [0.2, 0.25) is 0 Å². The van der Waals surface area contributed by atoms with Crippen molar-refractivity contribution in [3.8, 4) is 6.07 Å². The number of alkyl halides is 3. The molecule has 0 radical (unpaired) electrons. The van der Waals surface area contributed by atoms with Crippen LogP contribution in [0.25, 0.3) is 5.70 Å². The number of methoxy groups -OCH3 is 1. The maximum atomic E-state index is 13.2. The summed E-state index contributed by atoms with van der Waals surface area (Å²) in [6, 6.07) is 14.5. The number of aliphatic carboxylic acids is 1. The Balaban J connectivity index is 1.54. The average Bonchev–Trinajstić information content (AvgIpc) is 2.95. The summed E-state index contributed by atoms with van der Waals surface area (Å²) >= 11 is 0. The number of halogens is 3. The molecule has 0 fully saturated rings. The monoisotopic (exact) mass is 566 g/mol. The first-order valence-electron chi connectivity index (χ1n) is 13.4. The van der Waals surface area contributed by atoms with Crippen molar-refractivity contribution in [2.45, 2.75) is 51.6 Å². The van der Waals surface area contributed by atoms with E-state index in [1.54, 1.807) is 19.2 Å². The van der Waals surface area contributed by atoms with Gasteiger partial charge in [-0.3, -0.25) is 10.1 Å². The zero-order chi connectivity index (χ0) is 29.6. The number of nitrogens with one attached hydrogen (secondary N) is 3. The Labute approximate surface area is 237 Å². The van der Waals surface area contributed by atoms with E-state index >= 15 is 0 Å². The summed E-state index contributed by atoms with van der Waals surface area (Å²) in [5.74, 6) is -0.956. The second-order valence-electron chi connectivity index (χ2n) is 10.4. The summed E-state index contributed by atoms with van der Waals surface area (Å²) in [5.41, 5.74) is 4.61. The van der Waals surface area contributed by atoms with Crippen molar-refractivity contribution in [2.75, 3.05) is 7.11 Å². The second-order valence-corrected chi connectivity index (χ2v) is 10.4. The lowest BCUT2D eigenvalue weighted by Crippen LogP contribution is -2.40. The number of carbonyl (C=O) groups is 1. The highest BCUT2D eigenvalue weighted by atomic mass is 19.4. The number of hydrogen-bond donors (Lipinski definition) is 4. The second kappa shape index (κ2) is 13.1. The third-order valence-corrected chi connectivity index (χ3v) is 7.26. The van der Waals surface area contributed by atoms with Crippen LogP contribution in [0.4, 0.5) is 13.2 Å². The van der Waals surface area contributed by atoms with E-state index in [4.69, 9.17) is 15.1 Å². The predicted octanol–water partition coefficient (Wildman–Crippen LogP) is 5.88. The molecule has 1 aliphatic heterocycles. The summed E-state index contributed by atoms with van der Waals surface area (Å²) < 4.78 is 45.2. The van der Waals surface area contributed by atoms with Crippen molar-refractivity contribution in [3.05, 3.63) is 100 Å². The van der Waals surface area contributed by atoms with Gasteiger partial charge in [-0.15, -0.1) is 0 Å². The van der Waals surface area contributed by atoms with Crippen LogP contribution in [0.15, 0.2) is 77.8 Å². The Hall–Kier alpha value is -4.07. The lowest BCUT2D eigenvalue weighted by Gasteiger charge is -2.34. The molecule has 1 aliphatic carbocycles. The van der Waals surface area contributed by atoms with Gasteiger partial charge in [0.2, 0.25) is 0 Å². The van der Waals surface area contributed by atoms with Crippen LogP contribution in [0, 0.1) is 23.2 Å². The van der Waals surface area contributed by atoms with E-state index in [-0.39, 0.29) is 24.5 Å². The average molecular weight is 567 g/mol. The van der Waals surface area contributed by atoms with E-state index in [0.717, 1.165) is 34.8 Å². The van der Waals surface area contributed by atoms with E-state index in [1.165, 1.54) is 12.1 Å². The van der Waals surface area contributed by atoms with Gasteiger partial charge in [-0.2, -0.15) is 18.4 Å². The van der Waals surface area contributed by atoms with Crippen molar-refractivity contribution >= 4 is 11.7 Å². The molecule has 7 nitrogen and oxygen atoms in total. The van der Waals surface area contributed by atoms with Gasteiger partial charge < -0.3 is 20.5 Å². The Morgan fingerprint density at radius 2 is 1.85 bits per heavy atom. The highest BCUT2D eigenvalue weighted by Gasteiger charge is 2.31. The van der Waals surface area contributed by atoms with Gasteiger partial charge in [0, 0.05) is 31.7 Å². The molecule has 41 heavy (non-hydrogen) atoms. The largest absolute Gasteiger partial charge is 0.481 e. The Bertz CT molecular complexity index is 1370. The highest BCUT2D eigenvalue weighted by molar-refractivity contribution is 5.72. The van der Waals surface area contributed by atoms with Crippen LogP contribution in [-0.4, -0.2) is 24.4 Å². The van der Waals surface area contributed by atoms with Gasteiger partial charge in [-0.1, -0.05) is 43.3 Å². The van der Waals surface area contributed by atoms with E-state index < -0.39 is 17.7 Å². The van der Waals surface area contributed by atoms with Gasteiger partial charge in [-0.25, -0.2) is 0 Å². The molecule has 0 saturated carbocycles. The number of benzene rings is 2. The first-order valence-corrected chi connectivity index (χ1v) is 13.4. The van der Waals surface area contributed by atoms with E-state index in [1.807, 2.05) is 25.1 Å². The minimum absolute atomic E-state index is 0.00812. The van der Waals surface area contributed by atoms with Gasteiger partial charge in [-0.05, 0) is 60.6 Å². The summed E-state index contributed by atoms with van der Waals surface area (Å²) in [6.07, 6.45) is 1.19. The maximum absolute atomic E-state index is 13.2. The SMILES string of the molecule is COC(NCc1ccc(C#N)cc1)C1C=C2NC(CCC(C)CC(=O)O)=C(c3ccc(C(F)(F)F)cc3)NC2=CC1. The topological polar surface area (TPSA) is 106 Å². The minimum atomic E-state index is -4.43. The number of hydrogen-bond acceptors (Lipinski definition) is 6. The third-order valence-electron chi connectivity index (χ3n) is 7.26. The number of rotatable bonds is 11. The Morgan fingerprint density at radius 1 is 1.15 bits per heavy atom. The van der Waals surface area contributed by atoms with E-state index in [0.29, 0.717) is 42.6 Å². The summed E-state index contributed by atoms with van der Waals surface area (Å²) in [6.45, 7) is 2.42. The van der Waals surface area contributed by atoms with Gasteiger partial charge >= 0.3 is 12.1 Å². The van der Waals surface area contributed by atoms with Crippen LogP contribution in [0.3, 0.4) is 0 Å². The molecule has 0 spiro atoms. The molecule has 4 N–H and O–H groups in total. The van der Waals surface area contributed by atoms with Crippen molar-refractivity contribution in [1.29, 1.82) is 5.26 Å². The number of nitrogens with zero attached hydrogens (tertiary/aromatic N) is 1. The molecule has 2 aromatic carbocycles. The van der Waals surface area contributed by atoms with Crippen LogP contribution in [0.1, 0.15) is 54.9 Å². The number of carboxylic acids is 1. The standard InChI is InChI=1S/C31H33F3N4O3/c1-19(15-28(39)40)3-13-26-29(22-8-11-24(12-9-22)31(32,33)34)38-25-14-10-23(16-27(25)37-26)30(41-2)36-18-21-6-4-20(17-35)5-7-21/h4-9,11-12,14,16,19,23,30,36-38H,3,10,13,15,18H2,1-2H3,(H,39,40). The van der Waals surface area contributed by atoms with Gasteiger partial charge in [0.1, 0.15) is 6.23 Å². The quantitative estimate of drug-likeness (QED) is 0.252. The number of nitriles is 1. The van der Waals surface area contributed by atoms with Gasteiger partial charge in [0.05, 0.1) is 34.3 Å².